The monoisotopic (exact) mass is 436 g/mol. The number of carbonyl (C=O) groups excluding carboxylic acids is 2. The first kappa shape index (κ1) is 22.7. The average Bonchev–Trinajstić information content (AvgIpc) is 3.28. The molecule has 1 heterocycles. The third-order valence-electron chi connectivity index (χ3n) is 6.00. The van der Waals surface area contributed by atoms with Crippen molar-refractivity contribution in [2.75, 3.05) is 39.9 Å². The van der Waals surface area contributed by atoms with Gasteiger partial charge in [-0.05, 0) is 37.3 Å². The summed E-state index contributed by atoms with van der Waals surface area (Å²) in [4.78, 5) is 29.3. The van der Waals surface area contributed by atoms with Crippen LogP contribution in [0.5, 0.6) is 11.5 Å². The highest BCUT2D eigenvalue weighted by Gasteiger charge is 2.31. The van der Waals surface area contributed by atoms with Gasteiger partial charge in [-0.25, -0.2) is 0 Å². The summed E-state index contributed by atoms with van der Waals surface area (Å²) in [5, 5.41) is 0.372. The predicted molar refractivity (Wildman–Crippen MR) is 117 cm³/mol. The van der Waals surface area contributed by atoms with Crippen molar-refractivity contribution >= 4 is 23.4 Å². The number of halogens is 1. The zero-order valence-electron chi connectivity index (χ0n) is 18.3. The molecular weight excluding hydrogens is 404 g/mol. The highest BCUT2D eigenvalue weighted by Crippen LogP contribution is 2.37. The van der Waals surface area contributed by atoms with E-state index < -0.39 is 0 Å². The van der Waals surface area contributed by atoms with Crippen molar-refractivity contribution in [3.8, 4) is 11.5 Å². The Balaban J connectivity index is 1.62. The number of benzene rings is 1. The highest BCUT2D eigenvalue weighted by molar-refractivity contribution is 6.32. The molecule has 0 spiro atoms. The lowest BCUT2D eigenvalue weighted by Gasteiger charge is -2.36. The Morgan fingerprint density at radius 2 is 1.73 bits per heavy atom. The zero-order chi connectivity index (χ0) is 21.7. The first-order valence-corrected chi connectivity index (χ1v) is 11.4. The molecule has 0 N–H and O–H groups in total. The molecule has 30 heavy (non-hydrogen) atoms. The van der Waals surface area contributed by atoms with E-state index in [-0.39, 0.29) is 17.7 Å². The van der Waals surface area contributed by atoms with E-state index in [2.05, 4.69) is 13.8 Å². The Morgan fingerprint density at radius 3 is 2.33 bits per heavy atom. The number of carbonyl (C=O) groups is 2. The minimum absolute atomic E-state index is 0.100. The van der Waals surface area contributed by atoms with Crippen molar-refractivity contribution in [3.05, 3.63) is 22.7 Å². The Bertz CT molecular complexity index is 754. The molecule has 6 nitrogen and oxygen atoms in total. The normalized spacial score (nSPS) is 17.5. The third kappa shape index (κ3) is 5.39. The van der Waals surface area contributed by atoms with Crippen molar-refractivity contribution in [3.63, 3.8) is 0 Å². The van der Waals surface area contributed by atoms with E-state index >= 15 is 0 Å². The molecule has 2 amide bonds. The fourth-order valence-corrected chi connectivity index (χ4v) is 4.39. The van der Waals surface area contributed by atoms with Crippen LogP contribution in [0.25, 0.3) is 0 Å². The second kappa shape index (κ2) is 10.4. The summed E-state index contributed by atoms with van der Waals surface area (Å²) in [7, 11) is 1.54. The zero-order valence-corrected chi connectivity index (χ0v) is 19.0. The van der Waals surface area contributed by atoms with Gasteiger partial charge in [0.1, 0.15) is 0 Å². The van der Waals surface area contributed by atoms with Crippen LogP contribution in [-0.2, 0) is 4.79 Å². The molecule has 3 rings (SSSR count). The van der Waals surface area contributed by atoms with Crippen molar-refractivity contribution in [2.45, 2.75) is 46.0 Å². The first-order valence-electron chi connectivity index (χ1n) is 11.0. The van der Waals surface area contributed by atoms with Crippen molar-refractivity contribution in [2.24, 2.45) is 11.8 Å². The molecule has 1 aromatic carbocycles. The molecule has 2 aliphatic rings. The van der Waals surface area contributed by atoms with E-state index in [0.717, 1.165) is 32.1 Å². The van der Waals surface area contributed by atoms with E-state index in [9.17, 15) is 9.59 Å². The average molecular weight is 437 g/mol. The fraction of sp³-hybridized carbons (Fsp3) is 0.652. The van der Waals surface area contributed by atoms with Gasteiger partial charge in [0.15, 0.2) is 11.5 Å². The van der Waals surface area contributed by atoms with Crippen LogP contribution in [0.2, 0.25) is 5.02 Å². The summed E-state index contributed by atoms with van der Waals surface area (Å²) in [6.07, 6.45) is 5.21. The molecule has 0 atom stereocenters. The molecule has 1 aliphatic carbocycles. The summed E-state index contributed by atoms with van der Waals surface area (Å²) in [5.74, 6) is 1.80. The van der Waals surface area contributed by atoms with Crippen LogP contribution in [0.4, 0.5) is 0 Å². The lowest BCUT2D eigenvalue weighted by atomic mass is 10.1. The summed E-state index contributed by atoms with van der Waals surface area (Å²) in [6.45, 7) is 7.03. The smallest absolute Gasteiger partial charge is 0.254 e. The lowest BCUT2D eigenvalue weighted by molar-refractivity contribution is -0.136. The topological polar surface area (TPSA) is 59.1 Å². The Morgan fingerprint density at radius 1 is 1.10 bits per heavy atom. The number of nitrogens with zero attached hydrogens (tertiary/aromatic N) is 2. The number of amides is 2. The van der Waals surface area contributed by atoms with Gasteiger partial charge in [0, 0.05) is 37.7 Å². The molecule has 0 aromatic heterocycles. The van der Waals surface area contributed by atoms with Gasteiger partial charge in [0.05, 0.1) is 18.7 Å². The van der Waals surface area contributed by atoms with Gasteiger partial charge in [0.25, 0.3) is 5.91 Å². The fourth-order valence-electron chi connectivity index (χ4n) is 4.12. The molecule has 2 fully saturated rings. The number of piperazine rings is 1. The van der Waals surface area contributed by atoms with Gasteiger partial charge in [0.2, 0.25) is 5.91 Å². The molecule has 7 heteroatoms. The lowest BCUT2D eigenvalue weighted by Crippen LogP contribution is -2.51. The maximum Gasteiger partial charge on any atom is 0.254 e. The van der Waals surface area contributed by atoms with Gasteiger partial charge >= 0.3 is 0 Å². The van der Waals surface area contributed by atoms with Gasteiger partial charge in [-0.15, -0.1) is 0 Å². The maximum atomic E-state index is 13.0. The minimum atomic E-state index is -0.100. The summed E-state index contributed by atoms with van der Waals surface area (Å²) in [5.41, 5.74) is 0.476. The molecule has 1 aliphatic heterocycles. The van der Waals surface area contributed by atoms with Gasteiger partial charge in [-0.1, -0.05) is 38.3 Å². The van der Waals surface area contributed by atoms with Crippen LogP contribution in [0.1, 0.15) is 56.3 Å². The molecule has 1 saturated carbocycles. The van der Waals surface area contributed by atoms with Crippen molar-refractivity contribution < 1.29 is 19.1 Å². The molecule has 1 aromatic rings. The van der Waals surface area contributed by atoms with Crippen LogP contribution in [0, 0.1) is 11.8 Å². The van der Waals surface area contributed by atoms with Crippen LogP contribution < -0.4 is 9.47 Å². The Labute approximate surface area is 184 Å². The van der Waals surface area contributed by atoms with Crippen LogP contribution in [0.3, 0.4) is 0 Å². The van der Waals surface area contributed by atoms with Crippen LogP contribution >= 0.6 is 11.6 Å². The van der Waals surface area contributed by atoms with Crippen LogP contribution in [0.15, 0.2) is 12.1 Å². The number of hydrogen-bond donors (Lipinski definition) is 0. The van der Waals surface area contributed by atoms with E-state index in [1.54, 1.807) is 24.1 Å². The number of methoxy groups -OCH3 is 1. The molecule has 1 saturated heterocycles. The van der Waals surface area contributed by atoms with Crippen molar-refractivity contribution in [1.82, 2.24) is 9.80 Å². The van der Waals surface area contributed by atoms with Crippen LogP contribution in [-0.4, -0.2) is 61.5 Å². The van der Waals surface area contributed by atoms with E-state index in [1.165, 1.54) is 0 Å². The molecule has 0 radical (unpaired) electrons. The quantitative estimate of drug-likeness (QED) is 0.641. The Kier molecular flexibility index (Phi) is 7.87. The van der Waals surface area contributed by atoms with Gasteiger partial charge < -0.3 is 19.3 Å². The van der Waals surface area contributed by atoms with Gasteiger partial charge in [-0.2, -0.15) is 0 Å². The second-order valence-electron chi connectivity index (χ2n) is 8.62. The minimum Gasteiger partial charge on any atom is -0.493 e. The summed E-state index contributed by atoms with van der Waals surface area (Å²) >= 11 is 6.42. The second-order valence-corrected chi connectivity index (χ2v) is 9.03. The summed E-state index contributed by atoms with van der Waals surface area (Å²) < 4.78 is 11.2. The SMILES string of the molecule is COc1cc(C(=O)N2CCN(C(=O)C3CCCC3)CC2)cc(Cl)c1OCCC(C)C. The van der Waals surface area contributed by atoms with E-state index in [4.69, 9.17) is 21.1 Å². The number of ether oxygens (including phenoxy) is 2. The van der Waals surface area contributed by atoms with E-state index in [0.29, 0.717) is 60.8 Å². The largest absolute Gasteiger partial charge is 0.493 e. The predicted octanol–water partition coefficient (Wildman–Crippen LogP) is 4.25. The number of hydrogen-bond acceptors (Lipinski definition) is 4. The first-order chi connectivity index (χ1) is 14.4. The molecule has 166 valence electrons. The molecule has 0 unspecified atom stereocenters. The maximum absolute atomic E-state index is 13.0. The third-order valence-corrected chi connectivity index (χ3v) is 6.28. The van der Waals surface area contributed by atoms with E-state index in [1.807, 2.05) is 4.90 Å². The Hall–Kier alpha value is -1.95. The highest BCUT2D eigenvalue weighted by atomic mass is 35.5. The molecular formula is C23H33ClN2O4. The summed E-state index contributed by atoms with van der Waals surface area (Å²) in [6, 6.07) is 3.34. The van der Waals surface area contributed by atoms with Gasteiger partial charge in [-0.3, -0.25) is 9.59 Å². The van der Waals surface area contributed by atoms with Crippen molar-refractivity contribution in [1.29, 1.82) is 0 Å². The standard InChI is InChI=1S/C23H33ClN2O4/c1-16(2)8-13-30-21-19(24)14-18(15-20(21)29-3)23(28)26-11-9-25(10-12-26)22(27)17-6-4-5-7-17/h14-17H,4-13H2,1-3H3. The molecule has 0 bridgehead atoms. The number of rotatable bonds is 7.